The standard InChI is InChI=1S/C18H17NO3/c20-17-11-10-14(18(21)19-17)12-13-6-4-5-9-16(13)22-15-7-2-1-3-8-15/h1-9,14H,10-12H2,(H,19,20,21). The summed E-state index contributed by atoms with van der Waals surface area (Å²) in [5.74, 6) is 0.954. The Morgan fingerprint density at radius 3 is 2.50 bits per heavy atom. The Morgan fingerprint density at radius 1 is 1.00 bits per heavy atom. The number of para-hydroxylation sites is 2. The van der Waals surface area contributed by atoms with E-state index >= 15 is 0 Å². The molecule has 2 aromatic rings. The van der Waals surface area contributed by atoms with Gasteiger partial charge < -0.3 is 4.74 Å². The summed E-state index contributed by atoms with van der Waals surface area (Å²) in [6.45, 7) is 0. The van der Waals surface area contributed by atoms with E-state index in [0.29, 0.717) is 19.3 Å². The molecule has 1 unspecified atom stereocenters. The summed E-state index contributed by atoms with van der Waals surface area (Å²) in [6.07, 6.45) is 1.56. The Labute approximate surface area is 129 Å². The number of imide groups is 1. The zero-order valence-electron chi connectivity index (χ0n) is 12.1. The molecule has 0 aromatic heterocycles. The van der Waals surface area contributed by atoms with Crippen molar-refractivity contribution in [3.05, 3.63) is 60.2 Å². The first-order chi connectivity index (χ1) is 10.7. The molecule has 1 saturated heterocycles. The molecule has 1 aliphatic heterocycles. The lowest BCUT2D eigenvalue weighted by Crippen LogP contribution is -2.41. The molecule has 4 heteroatoms. The first kappa shape index (κ1) is 14.3. The normalized spacial score (nSPS) is 17.9. The maximum Gasteiger partial charge on any atom is 0.230 e. The van der Waals surface area contributed by atoms with Gasteiger partial charge in [-0.1, -0.05) is 36.4 Å². The van der Waals surface area contributed by atoms with Gasteiger partial charge in [0.15, 0.2) is 0 Å². The zero-order chi connectivity index (χ0) is 15.4. The van der Waals surface area contributed by atoms with E-state index < -0.39 is 0 Å². The number of hydrogen-bond donors (Lipinski definition) is 1. The summed E-state index contributed by atoms with van der Waals surface area (Å²) >= 11 is 0. The summed E-state index contributed by atoms with van der Waals surface area (Å²) in [6, 6.07) is 17.2. The highest BCUT2D eigenvalue weighted by Crippen LogP contribution is 2.28. The van der Waals surface area contributed by atoms with Crippen LogP contribution in [0.3, 0.4) is 0 Å². The van der Waals surface area contributed by atoms with E-state index in [2.05, 4.69) is 5.32 Å². The van der Waals surface area contributed by atoms with Crippen molar-refractivity contribution in [3.8, 4) is 11.5 Å². The number of piperidine rings is 1. The Hall–Kier alpha value is -2.62. The molecular weight excluding hydrogens is 278 g/mol. The number of hydrogen-bond acceptors (Lipinski definition) is 3. The van der Waals surface area contributed by atoms with Crippen LogP contribution < -0.4 is 10.1 Å². The predicted octanol–water partition coefficient (Wildman–Crippen LogP) is 3.07. The third-order valence-corrected chi connectivity index (χ3v) is 3.76. The number of carbonyl (C=O) groups excluding carboxylic acids is 2. The lowest BCUT2D eigenvalue weighted by molar-refractivity contribution is -0.136. The molecule has 2 aromatic carbocycles. The van der Waals surface area contributed by atoms with Crippen LogP contribution in [0.25, 0.3) is 0 Å². The highest BCUT2D eigenvalue weighted by molar-refractivity contribution is 5.98. The maximum absolute atomic E-state index is 11.9. The van der Waals surface area contributed by atoms with Crippen LogP contribution in [0.2, 0.25) is 0 Å². The van der Waals surface area contributed by atoms with Crippen LogP contribution in [0.5, 0.6) is 11.5 Å². The molecule has 22 heavy (non-hydrogen) atoms. The van der Waals surface area contributed by atoms with Crippen molar-refractivity contribution in [2.75, 3.05) is 0 Å². The fourth-order valence-electron chi connectivity index (χ4n) is 2.59. The van der Waals surface area contributed by atoms with Crippen molar-refractivity contribution in [1.29, 1.82) is 0 Å². The molecule has 2 amide bonds. The number of benzene rings is 2. The summed E-state index contributed by atoms with van der Waals surface area (Å²) in [5, 5.41) is 2.40. The van der Waals surface area contributed by atoms with Crippen LogP contribution >= 0.6 is 0 Å². The molecule has 1 atom stereocenters. The van der Waals surface area contributed by atoms with Crippen molar-refractivity contribution in [2.45, 2.75) is 19.3 Å². The largest absolute Gasteiger partial charge is 0.457 e. The average Bonchev–Trinajstić information content (AvgIpc) is 2.53. The summed E-state index contributed by atoms with van der Waals surface area (Å²) in [7, 11) is 0. The van der Waals surface area contributed by atoms with Gasteiger partial charge in [0.05, 0.1) is 0 Å². The molecular formula is C18H17NO3. The van der Waals surface area contributed by atoms with E-state index in [1.54, 1.807) is 0 Å². The minimum atomic E-state index is -0.189. The van der Waals surface area contributed by atoms with E-state index in [1.165, 1.54) is 0 Å². The topological polar surface area (TPSA) is 55.4 Å². The molecule has 4 nitrogen and oxygen atoms in total. The third kappa shape index (κ3) is 3.34. The molecule has 1 fully saturated rings. The van der Waals surface area contributed by atoms with Crippen LogP contribution in [0, 0.1) is 5.92 Å². The van der Waals surface area contributed by atoms with E-state index in [1.807, 2.05) is 54.6 Å². The monoisotopic (exact) mass is 295 g/mol. The van der Waals surface area contributed by atoms with Crippen molar-refractivity contribution >= 4 is 11.8 Å². The van der Waals surface area contributed by atoms with Gasteiger partial charge in [-0.25, -0.2) is 0 Å². The number of nitrogens with one attached hydrogen (secondary N) is 1. The number of ether oxygens (including phenoxy) is 1. The molecule has 1 heterocycles. The minimum Gasteiger partial charge on any atom is -0.457 e. The molecule has 0 aliphatic carbocycles. The third-order valence-electron chi connectivity index (χ3n) is 3.76. The quantitative estimate of drug-likeness (QED) is 0.882. The smallest absolute Gasteiger partial charge is 0.230 e. The highest BCUT2D eigenvalue weighted by atomic mass is 16.5. The van der Waals surface area contributed by atoms with Gasteiger partial charge >= 0.3 is 0 Å². The molecule has 1 N–H and O–H groups in total. The van der Waals surface area contributed by atoms with Crippen LogP contribution in [-0.2, 0) is 16.0 Å². The van der Waals surface area contributed by atoms with Crippen LogP contribution in [0.1, 0.15) is 18.4 Å². The van der Waals surface area contributed by atoms with Crippen LogP contribution in [-0.4, -0.2) is 11.8 Å². The van der Waals surface area contributed by atoms with E-state index in [-0.39, 0.29) is 17.7 Å². The molecule has 0 spiro atoms. The predicted molar refractivity (Wildman–Crippen MR) is 82.5 cm³/mol. The number of rotatable bonds is 4. The number of carbonyl (C=O) groups is 2. The number of amides is 2. The van der Waals surface area contributed by atoms with Crippen molar-refractivity contribution in [1.82, 2.24) is 5.32 Å². The van der Waals surface area contributed by atoms with Crippen molar-refractivity contribution < 1.29 is 14.3 Å². The maximum atomic E-state index is 11.9. The minimum absolute atomic E-state index is 0.182. The Morgan fingerprint density at radius 2 is 1.73 bits per heavy atom. The lowest BCUT2D eigenvalue weighted by Gasteiger charge is -2.21. The first-order valence-corrected chi connectivity index (χ1v) is 7.37. The zero-order valence-corrected chi connectivity index (χ0v) is 12.1. The molecule has 0 bridgehead atoms. The van der Waals surface area contributed by atoms with Crippen molar-refractivity contribution in [3.63, 3.8) is 0 Å². The molecule has 0 radical (unpaired) electrons. The van der Waals surface area contributed by atoms with E-state index in [9.17, 15) is 9.59 Å². The fraction of sp³-hybridized carbons (Fsp3) is 0.222. The molecule has 112 valence electrons. The highest BCUT2D eigenvalue weighted by Gasteiger charge is 2.27. The van der Waals surface area contributed by atoms with Gasteiger partial charge in [0.25, 0.3) is 0 Å². The van der Waals surface area contributed by atoms with Crippen LogP contribution in [0.4, 0.5) is 0 Å². The Balaban J connectivity index is 1.77. The lowest BCUT2D eigenvalue weighted by atomic mass is 9.91. The van der Waals surface area contributed by atoms with Gasteiger partial charge in [0.2, 0.25) is 11.8 Å². The van der Waals surface area contributed by atoms with Gasteiger partial charge in [-0.05, 0) is 36.6 Å². The van der Waals surface area contributed by atoms with E-state index in [4.69, 9.17) is 4.74 Å². The second-order valence-electron chi connectivity index (χ2n) is 5.37. The summed E-state index contributed by atoms with van der Waals surface area (Å²) < 4.78 is 5.91. The first-order valence-electron chi connectivity index (χ1n) is 7.37. The van der Waals surface area contributed by atoms with Crippen molar-refractivity contribution in [2.24, 2.45) is 5.92 Å². The summed E-state index contributed by atoms with van der Waals surface area (Å²) in [5.41, 5.74) is 0.973. The Bertz CT molecular complexity index is 682. The van der Waals surface area contributed by atoms with Gasteiger partial charge in [-0.2, -0.15) is 0 Å². The van der Waals surface area contributed by atoms with E-state index in [0.717, 1.165) is 17.1 Å². The fourth-order valence-corrected chi connectivity index (χ4v) is 2.59. The van der Waals surface area contributed by atoms with Gasteiger partial charge in [-0.15, -0.1) is 0 Å². The second-order valence-corrected chi connectivity index (χ2v) is 5.37. The average molecular weight is 295 g/mol. The summed E-state index contributed by atoms with van der Waals surface area (Å²) in [4.78, 5) is 23.1. The molecule has 3 rings (SSSR count). The van der Waals surface area contributed by atoms with Crippen LogP contribution in [0.15, 0.2) is 54.6 Å². The van der Waals surface area contributed by atoms with Gasteiger partial charge in [0.1, 0.15) is 11.5 Å². The Kier molecular flexibility index (Phi) is 4.19. The molecule has 0 saturated carbocycles. The second kappa shape index (κ2) is 6.43. The SMILES string of the molecule is O=C1CCC(Cc2ccccc2Oc2ccccc2)C(=O)N1. The molecule has 1 aliphatic rings. The van der Waals surface area contributed by atoms with Gasteiger partial charge in [-0.3, -0.25) is 14.9 Å². The van der Waals surface area contributed by atoms with Gasteiger partial charge in [0, 0.05) is 12.3 Å².